The molecule has 0 saturated heterocycles. The average molecular weight is 380 g/mol. The van der Waals surface area contributed by atoms with Gasteiger partial charge in [0, 0.05) is 5.69 Å². The summed E-state index contributed by atoms with van der Waals surface area (Å²) in [5.74, 6) is 0.552. The molecule has 0 fully saturated rings. The van der Waals surface area contributed by atoms with E-state index in [-0.39, 0.29) is 22.9 Å². The Balaban J connectivity index is 2.09. The van der Waals surface area contributed by atoms with Crippen molar-refractivity contribution in [3.63, 3.8) is 0 Å². The second kappa shape index (κ2) is 8.07. The Hall–Kier alpha value is -2.78. The fraction of sp³-hybridized carbons (Fsp3) is 0.235. The molecule has 0 saturated carbocycles. The first-order chi connectivity index (χ1) is 12.2. The summed E-state index contributed by atoms with van der Waals surface area (Å²) in [6.07, 6.45) is 0. The zero-order valence-electron chi connectivity index (χ0n) is 14.6. The molecule has 0 bridgehead atoms. The summed E-state index contributed by atoms with van der Waals surface area (Å²) in [5.41, 5.74) is 1.24. The third-order valence-electron chi connectivity index (χ3n) is 3.43. The van der Waals surface area contributed by atoms with Gasteiger partial charge in [0.1, 0.15) is 10.6 Å². The van der Waals surface area contributed by atoms with E-state index >= 15 is 0 Å². The largest absolute Gasteiger partial charge is 0.495 e. The summed E-state index contributed by atoms with van der Waals surface area (Å²) in [6, 6.07) is 9.44. The normalized spacial score (nSPS) is 10.9. The molecule has 0 aliphatic carbocycles. The van der Waals surface area contributed by atoms with E-state index in [1.165, 1.54) is 32.4 Å². The smallest absolute Gasteiger partial charge is 0.262 e. The van der Waals surface area contributed by atoms with Crippen molar-refractivity contribution in [1.82, 2.24) is 0 Å². The zero-order chi connectivity index (χ0) is 19.3. The summed E-state index contributed by atoms with van der Waals surface area (Å²) in [5, 5.41) is 7.70. The molecule has 0 aliphatic rings. The minimum atomic E-state index is -4.00. The number of hydrogen-bond donors (Lipinski definition) is 2. The molecule has 26 heavy (non-hydrogen) atoms. The van der Waals surface area contributed by atoms with Crippen LogP contribution >= 0.6 is 0 Å². The molecule has 8 nitrogen and oxygen atoms in total. The maximum absolute atomic E-state index is 12.1. The minimum absolute atomic E-state index is 0.0890. The maximum Gasteiger partial charge on any atom is 0.262 e. The van der Waals surface area contributed by atoms with Crippen LogP contribution in [0.25, 0.3) is 0 Å². The monoisotopic (exact) mass is 380 g/mol. The molecule has 1 amide bonds. The number of rotatable bonds is 7. The molecule has 0 aromatic heterocycles. The molecule has 0 heterocycles. The van der Waals surface area contributed by atoms with Crippen LogP contribution in [0.1, 0.15) is 5.56 Å². The topological polar surface area (TPSA) is 117 Å². The molecular formula is C17H20N2O6S. The van der Waals surface area contributed by atoms with E-state index in [2.05, 4.69) is 5.32 Å². The Morgan fingerprint density at radius 3 is 2.31 bits per heavy atom. The lowest BCUT2D eigenvalue weighted by molar-refractivity contribution is -0.118. The van der Waals surface area contributed by atoms with Crippen molar-refractivity contribution >= 4 is 21.6 Å². The van der Waals surface area contributed by atoms with Crippen LogP contribution in [-0.2, 0) is 14.8 Å². The summed E-state index contributed by atoms with van der Waals surface area (Å²) < 4.78 is 38.8. The highest BCUT2D eigenvalue weighted by Gasteiger charge is 2.16. The molecule has 0 radical (unpaired) electrons. The molecule has 0 aliphatic heterocycles. The first kappa shape index (κ1) is 19.5. The molecule has 0 spiro atoms. The number of aryl methyl sites for hydroxylation is 1. The number of amides is 1. The van der Waals surface area contributed by atoms with Gasteiger partial charge in [-0.3, -0.25) is 4.79 Å². The predicted octanol–water partition coefficient (Wildman–Crippen LogP) is 1.68. The van der Waals surface area contributed by atoms with Crippen LogP contribution < -0.4 is 24.7 Å². The van der Waals surface area contributed by atoms with Crippen LogP contribution in [0.3, 0.4) is 0 Å². The van der Waals surface area contributed by atoms with Gasteiger partial charge >= 0.3 is 0 Å². The summed E-state index contributed by atoms with van der Waals surface area (Å²) in [7, 11) is -1.16. The van der Waals surface area contributed by atoms with E-state index < -0.39 is 15.9 Å². The first-order valence-electron chi connectivity index (χ1n) is 7.52. The van der Waals surface area contributed by atoms with E-state index in [0.717, 1.165) is 5.56 Å². The predicted molar refractivity (Wildman–Crippen MR) is 96.2 cm³/mol. The number of nitrogens with two attached hydrogens (primary N) is 1. The van der Waals surface area contributed by atoms with Gasteiger partial charge in [-0.25, -0.2) is 13.6 Å². The van der Waals surface area contributed by atoms with Crippen molar-refractivity contribution in [3.05, 3.63) is 42.0 Å². The first-order valence-corrected chi connectivity index (χ1v) is 9.07. The third-order valence-corrected chi connectivity index (χ3v) is 4.36. The minimum Gasteiger partial charge on any atom is -0.495 e. The van der Waals surface area contributed by atoms with E-state index in [0.29, 0.717) is 11.5 Å². The quantitative estimate of drug-likeness (QED) is 0.755. The lowest BCUT2D eigenvalue weighted by Gasteiger charge is -2.12. The fourth-order valence-electron chi connectivity index (χ4n) is 2.21. The zero-order valence-corrected chi connectivity index (χ0v) is 15.4. The number of anilines is 1. The number of sulfonamides is 1. The van der Waals surface area contributed by atoms with Gasteiger partial charge < -0.3 is 19.5 Å². The van der Waals surface area contributed by atoms with Crippen LogP contribution in [0.2, 0.25) is 0 Å². The van der Waals surface area contributed by atoms with Gasteiger partial charge in [-0.1, -0.05) is 6.07 Å². The second-order valence-corrected chi connectivity index (χ2v) is 6.93. The maximum atomic E-state index is 12.1. The van der Waals surface area contributed by atoms with Gasteiger partial charge in [-0.2, -0.15) is 0 Å². The molecule has 2 rings (SSSR count). The van der Waals surface area contributed by atoms with E-state index in [1.54, 1.807) is 12.1 Å². The van der Waals surface area contributed by atoms with Crippen LogP contribution in [0.5, 0.6) is 17.2 Å². The molecule has 2 aromatic rings. The fourth-order valence-corrected chi connectivity index (χ4v) is 2.93. The number of hydrogen-bond acceptors (Lipinski definition) is 6. The van der Waals surface area contributed by atoms with Crippen molar-refractivity contribution in [2.75, 3.05) is 26.1 Å². The Morgan fingerprint density at radius 1 is 1.04 bits per heavy atom. The van der Waals surface area contributed by atoms with Gasteiger partial charge in [-0.15, -0.1) is 0 Å². The highest BCUT2D eigenvalue weighted by atomic mass is 32.2. The molecule has 0 atom stereocenters. The molecule has 140 valence electrons. The average Bonchev–Trinajstić information content (AvgIpc) is 2.59. The van der Waals surface area contributed by atoms with Crippen LogP contribution in [0, 0.1) is 6.92 Å². The molecular weight excluding hydrogens is 360 g/mol. The second-order valence-electron chi connectivity index (χ2n) is 5.40. The van der Waals surface area contributed by atoms with Crippen molar-refractivity contribution in [2.45, 2.75) is 11.8 Å². The Morgan fingerprint density at radius 2 is 1.69 bits per heavy atom. The van der Waals surface area contributed by atoms with Gasteiger partial charge in [0.2, 0.25) is 10.0 Å². The third kappa shape index (κ3) is 4.87. The molecule has 3 N–H and O–H groups in total. The number of benzene rings is 2. The highest BCUT2D eigenvalue weighted by molar-refractivity contribution is 7.89. The highest BCUT2D eigenvalue weighted by Crippen LogP contribution is 2.28. The van der Waals surface area contributed by atoms with E-state index in [1.807, 2.05) is 13.0 Å². The number of nitrogens with one attached hydrogen (secondary N) is 1. The lowest BCUT2D eigenvalue weighted by atomic mass is 10.2. The van der Waals surface area contributed by atoms with Crippen molar-refractivity contribution in [2.24, 2.45) is 5.14 Å². The van der Waals surface area contributed by atoms with Gasteiger partial charge in [0.15, 0.2) is 18.1 Å². The summed E-state index contributed by atoms with van der Waals surface area (Å²) in [4.78, 5) is 11.9. The number of carbonyl (C=O) groups excluding carboxylic acids is 1. The molecule has 0 unspecified atom stereocenters. The summed E-state index contributed by atoms with van der Waals surface area (Å²) >= 11 is 0. The standard InChI is InChI=1S/C17H20N2O6S/c1-11-4-6-13(15(8-11)24-3)25-10-17(20)19-12-5-7-14(23-2)16(9-12)26(18,21)22/h4-9H,10H2,1-3H3,(H,19,20)(H2,18,21,22). The SMILES string of the molecule is COc1cc(C)ccc1OCC(=O)Nc1ccc(OC)c(S(N)(=O)=O)c1. The number of ether oxygens (including phenoxy) is 3. The number of methoxy groups -OCH3 is 2. The van der Waals surface area contributed by atoms with Crippen LogP contribution in [0.15, 0.2) is 41.3 Å². The van der Waals surface area contributed by atoms with Crippen LogP contribution in [0.4, 0.5) is 5.69 Å². The Labute approximate surface area is 151 Å². The van der Waals surface area contributed by atoms with E-state index in [4.69, 9.17) is 19.3 Å². The Bertz CT molecular complexity index is 911. The van der Waals surface area contributed by atoms with Gasteiger partial charge in [0.05, 0.1) is 14.2 Å². The van der Waals surface area contributed by atoms with Crippen molar-refractivity contribution in [1.29, 1.82) is 0 Å². The van der Waals surface area contributed by atoms with Crippen LogP contribution in [-0.4, -0.2) is 35.2 Å². The molecule has 9 heteroatoms. The van der Waals surface area contributed by atoms with Crippen molar-refractivity contribution < 1.29 is 27.4 Å². The molecule has 2 aromatic carbocycles. The number of carbonyl (C=O) groups is 1. The van der Waals surface area contributed by atoms with E-state index in [9.17, 15) is 13.2 Å². The van der Waals surface area contributed by atoms with Gasteiger partial charge in [0.25, 0.3) is 5.91 Å². The lowest BCUT2D eigenvalue weighted by Crippen LogP contribution is -2.21. The number of primary sulfonamides is 1. The Kier molecular flexibility index (Phi) is 6.06. The summed E-state index contributed by atoms with van der Waals surface area (Å²) in [6.45, 7) is 1.63. The van der Waals surface area contributed by atoms with Gasteiger partial charge in [-0.05, 0) is 42.8 Å². The van der Waals surface area contributed by atoms with Crippen molar-refractivity contribution in [3.8, 4) is 17.2 Å².